The van der Waals surface area contributed by atoms with Crippen LogP contribution in [0, 0.1) is 0 Å². The molecular weight excluding hydrogens is 287 g/mol. The molecule has 2 rings (SSSR count). The fourth-order valence-corrected chi connectivity index (χ4v) is 2.31. The fraction of sp³-hybridized carbons (Fsp3) is 0.0714. The van der Waals surface area contributed by atoms with E-state index in [1.54, 1.807) is 30.3 Å². The van der Waals surface area contributed by atoms with E-state index in [4.69, 9.17) is 27.9 Å². The van der Waals surface area contributed by atoms with Crippen molar-refractivity contribution in [1.82, 2.24) is 0 Å². The van der Waals surface area contributed by atoms with Gasteiger partial charge in [0.25, 0.3) is 0 Å². The summed E-state index contributed by atoms with van der Waals surface area (Å²) in [4.78, 5) is 12.3. The normalized spacial score (nSPS) is 10.3. The second-order valence-electron chi connectivity index (χ2n) is 3.80. The minimum absolute atomic E-state index is 0.0435. The van der Waals surface area contributed by atoms with Gasteiger partial charge >= 0.3 is 0 Å². The van der Waals surface area contributed by atoms with E-state index in [2.05, 4.69) is 0 Å². The molecule has 0 fully saturated rings. The zero-order valence-electron chi connectivity index (χ0n) is 9.98. The minimum Gasteiger partial charge on any atom is -0.505 e. The summed E-state index contributed by atoms with van der Waals surface area (Å²) >= 11 is 11.9. The Hall–Kier alpha value is -1.71. The number of ketones is 1. The van der Waals surface area contributed by atoms with E-state index in [9.17, 15) is 9.90 Å². The maximum absolute atomic E-state index is 12.3. The van der Waals surface area contributed by atoms with Crippen molar-refractivity contribution in [2.24, 2.45) is 0 Å². The number of hydrogen-bond acceptors (Lipinski definition) is 3. The third kappa shape index (κ3) is 2.53. The van der Waals surface area contributed by atoms with Crippen LogP contribution in [0.25, 0.3) is 0 Å². The predicted molar refractivity (Wildman–Crippen MR) is 74.6 cm³/mol. The molecule has 0 unspecified atom stereocenters. The van der Waals surface area contributed by atoms with Crippen LogP contribution >= 0.6 is 23.2 Å². The van der Waals surface area contributed by atoms with Gasteiger partial charge in [0.05, 0.1) is 17.7 Å². The van der Waals surface area contributed by atoms with E-state index in [-0.39, 0.29) is 32.9 Å². The summed E-state index contributed by atoms with van der Waals surface area (Å²) in [7, 11) is 1.38. The number of halogens is 2. The zero-order valence-corrected chi connectivity index (χ0v) is 11.5. The van der Waals surface area contributed by atoms with Gasteiger partial charge in [-0.1, -0.05) is 53.5 Å². The van der Waals surface area contributed by atoms with Crippen molar-refractivity contribution in [1.29, 1.82) is 0 Å². The van der Waals surface area contributed by atoms with Crippen LogP contribution < -0.4 is 4.74 Å². The highest BCUT2D eigenvalue weighted by Gasteiger charge is 2.21. The second-order valence-corrected chi connectivity index (χ2v) is 4.58. The Morgan fingerprint density at radius 3 is 2.42 bits per heavy atom. The average molecular weight is 297 g/mol. The summed E-state index contributed by atoms with van der Waals surface area (Å²) in [5, 5.41) is 10.1. The molecule has 1 N–H and O–H groups in total. The molecule has 0 amide bonds. The highest BCUT2D eigenvalue weighted by molar-refractivity contribution is 6.39. The van der Waals surface area contributed by atoms with Gasteiger partial charge in [0.2, 0.25) is 0 Å². The average Bonchev–Trinajstić information content (AvgIpc) is 2.43. The smallest absolute Gasteiger partial charge is 0.196 e. The van der Waals surface area contributed by atoms with Crippen LogP contribution in [0.3, 0.4) is 0 Å². The van der Waals surface area contributed by atoms with E-state index in [1.807, 2.05) is 0 Å². The van der Waals surface area contributed by atoms with Crippen molar-refractivity contribution in [3.05, 3.63) is 57.6 Å². The molecule has 2 aromatic rings. The van der Waals surface area contributed by atoms with Gasteiger partial charge in [-0.3, -0.25) is 4.79 Å². The van der Waals surface area contributed by atoms with Gasteiger partial charge in [0, 0.05) is 5.56 Å². The van der Waals surface area contributed by atoms with Gasteiger partial charge in [-0.2, -0.15) is 0 Å². The van der Waals surface area contributed by atoms with Crippen molar-refractivity contribution in [3.63, 3.8) is 0 Å². The first-order chi connectivity index (χ1) is 9.06. The van der Waals surface area contributed by atoms with Crippen molar-refractivity contribution in [3.8, 4) is 11.5 Å². The highest BCUT2D eigenvalue weighted by Crippen LogP contribution is 2.42. The van der Waals surface area contributed by atoms with E-state index in [1.165, 1.54) is 13.2 Å². The van der Waals surface area contributed by atoms with Crippen LogP contribution in [0.5, 0.6) is 11.5 Å². The SMILES string of the molecule is COc1c(Cl)cc(C(=O)c2ccccc2)c(O)c1Cl. The number of carbonyl (C=O) groups is 1. The predicted octanol–water partition coefficient (Wildman–Crippen LogP) is 3.94. The second kappa shape index (κ2) is 5.51. The molecule has 0 spiro atoms. The standard InChI is InChI=1S/C14H10Cl2O3/c1-19-14-10(15)7-9(13(18)11(14)16)12(17)8-5-3-2-4-6-8/h2-7,18H,1H3. The third-order valence-corrected chi connectivity index (χ3v) is 3.27. The Morgan fingerprint density at radius 1 is 1.21 bits per heavy atom. The number of ether oxygens (including phenoxy) is 1. The lowest BCUT2D eigenvalue weighted by atomic mass is 10.0. The summed E-state index contributed by atoms with van der Waals surface area (Å²) in [5.41, 5.74) is 0.483. The Balaban J connectivity index is 2.56. The van der Waals surface area contributed by atoms with Gasteiger partial charge in [-0.25, -0.2) is 0 Å². The third-order valence-electron chi connectivity index (χ3n) is 2.64. The molecule has 0 bridgehead atoms. The van der Waals surface area contributed by atoms with E-state index < -0.39 is 0 Å². The van der Waals surface area contributed by atoms with Crippen molar-refractivity contribution < 1.29 is 14.6 Å². The molecule has 0 saturated carbocycles. The lowest BCUT2D eigenvalue weighted by Gasteiger charge is -2.11. The lowest BCUT2D eigenvalue weighted by molar-refractivity contribution is 0.103. The summed E-state index contributed by atoms with van der Waals surface area (Å²) < 4.78 is 4.96. The Kier molecular flexibility index (Phi) is 3.98. The van der Waals surface area contributed by atoms with Crippen molar-refractivity contribution in [2.75, 3.05) is 7.11 Å². The number of phenolic OH excluding ortho intramolecular Hbond substituents is 1. The zero-order chi connectivity index (χ0) is 14.0. The first-order valence-corrected chi connectivity index (χ1v) is 6.16. The number of hydrogen-bond donors (Lipinski definition) is 1. The molecular formula is C14H10Cl2O3. The summed E-state index contributed by atoms with van der Waals surface area (Å²) in [6.45, 7) is 0. The molecule has 0 saturated heterocycles. The summed E-state index contributed by atoms with van der Waals surface area (Å²) in [5.74, 6) is -0.549. The van der Waals surface area contributed by atoms with Crippen molar-refractivity contribution >= 4 is 29.0 Å². The number of benzene rings is 2. The van der Waals surface area contributed by atoms with Gasteiger partial charge in [0.1, 0.15) is 10.8 Å². The minimum atomic E-state index is -0.357. The molecule has 0 aliphatic carbocycles. The van der Waals surface area contributed by atoms with Gasteiger partial charge < -0.3 is 9.84 Å². The number of carbonyl (C=O) groups excluding carboxylic acids is 1. The Labute approximate surface area is 120 Å². The van der Waals surface area contributed by atoms with Crippen LogP contribution in [0.4, 0.5) is 0 Å². The molecule has 19 heavy (non-hydrogen) atoms. The number of rotatable bonds is 3. The maximum Gasteiger partial charge on any atom is 0.196 e. The fourth-order valence-electron chi connectivity index (χ4n) is 1.70. The molecule has 0 aromatic heterocycles. The van der Waals surface area contributed by atoms with Crippen LogP contribution in [-0.2, 0) is 0 Å². The van der Waals surface area contributed by atoms with Crippen LogP contribution in [0.2, 0.25) is 10.0 Å². The molecule has 0 aliphatic heterocycles. The number of aromatic hydroxyl groups is 1. The summed E-state index contributed by atoms with van der Waals surface area (Å²) in [6.07, 6.45) is 0. The van der Waals surface area contributed by atoms with E-state index in [0.717, 1.165) is 0 Å². The molecule has 5 heteroatoms. The molecule has 0 heterocycles. The molecule has 3 nitrogen and oxygen atoms in total. The van der Waals surface area contributed by atoms with Crippen LogP contribution in [-0.4, -0.2) is 18.0 Å². The molecule has 0 aliphatic rings. The Morgan fingerprint density at radius 2 is 1.84 bits per heavy atom. The van der Waals surface area contributed by atoms with Crippen molar-refractivity contribution in [2.45, 2.75) is 0 Å². The quantitative estimate of drug-likeness (QED) is 0.873. The van der Waals surface area contributed by atoms with E-state index in [0.29, 0.717) is 5.56 Å². The first-order valence-electron chi connectivity index (χ1n) is 5.41. The summed E-state index contributed by atoms with van der Waals surface area (Å²) in [6, 6.07) is 9.90. The molecule has 2 aromatic carbocycles. The maximum atomic E-state index is 12.3. The Bertz CT molecular complexity index is 624. The van der Waals surface area contributed by atoms with Gasteiger partial charge in [-0.15, -0.1) is 0 Å². The topological polar surface area (TPSA) is 46.5 Å². The molecule has 0 radical (unpaired) electrons. The molecule has 98 valence electrons. The highest BCUT2D eigenvalue weighted by atomic mass is 35.5. The lowest BCUT2D eigenvalue weighted by Crippen LogP contribution is -2.02. The number of phenols is 1. The van der Waals surface area contributed by atoms with Gasteiger partial charge in [0.15, 0.2) is 11.5 Å². The van der Waals surface area contributed by atoms with Crippen LogP contribution in [0.1, 0.15) is 15.9 Å². The largest absolute Gasteiger partial charge is 0.505 e. The van der Waals surface area contributed by atoms with Gasteiger partial charge in [-0.05, 0) is 6.07 Å². The monoisotopic (exact) mass is 296 g/mol. The molecule has 0 atom stereocenters. The van der Waals surface area contributed by atoms with E-state index >= 15 is 0 Å². The van der Waals surface area contributed by atoms with Crippen LogP contribution in [0.15, 0.2) is 36.4 Å². The first kappa shape index (κ1) is 13.7. The number of methoxy groups -OCH3 is 1.